The average Bonchev–Trinajstić information content (AvgIpc) is 3.27. The Morgan fingerprint density at radius 2 is 1.96 bits per heavy atom. The second-order valence-corrected chi connectivity index (χ2v) is 11.7. The summed E-state index contributed by atoms with van der Waals surface area (Å²) in [7, 11) is 1.34. The SMILES string of the molecule is COC1NO[C@@]2(CC[C@H](C)N3C[C@H]2n2cc(C(=O)NCc4c(C)cc(F)cc4F)c(=O)c(OCc4ccccc4)c2C3=O)[C@H]1F. The molecule has 2 amide bonds. The lowest BCUT2D eigenvalue weighted by Crippen LogP contribution is -2.55. The molecule has 2 aromatic carbocycles. The number of rotatable bonds is 7. The van der Waals surface area contributed by atoms with E-state index in [2.05, 4.69) is 10.8 Å². The molecule has 3 aromatic rings. The Morgan fingerprint density at radius 3 is 2.64 bits per heavy atom. The van der Waals surface area contributed by atoms with E-state index < -0.39 is 58.5 Å². The highest BCUT2D eigenvalue weighted by Gasteiger charge is 2.61. The van der Waals surface area contributed by atoms with Crippen LogP contribution in [-0.2, 0) is 22.7 Å². The van der Waals surface area contributed by atoms with E-state index in [-0.39, 0.29) is 54.7 Å². The van der Waals surface area contributed by atoms with Crippen LogP contribution >= 0.6 is 0 Å². The van der Waals surface area contributed by atoms with E-state index in [1.807, 2.05) is 13.0 Å². The summed E-state index contributed by atoms with van der Waals surface area (Å²) >= 11 is 0. The van der Waals surface area contributed by atoms with Crippen molar-refractivity contribution >= 4 is 11.8 Å². The van der Waals surface area contributed by atoms with E-state index in [0.717, 1.165) is 6.07 Å². The van der Waals surface area contributed by atoms with Gasteiger partial charge in [-0.3, -0.25) is 19.2 Å². The monoisotopic (exact) mass is 626 g/mol. The first-order chi connectivity index (χ1) is 21.6. The normalized spacial score (nSPS) is 25.6. The molecule has 6 rings (SSSR count). The highest BCUT2D eigenvalue weighted by atomic mass is 19.1. The summed E-state index contributed by atoms with van der Waals surface area (Å²) in [5.74, 6) is -3.37. The van der Waals surface area contributed by atoms with Gasteiger partial charge in [-0.25, -0.2) is 13.2 Å². The van der Waals surface area contributed by atoms with Crippen molar-refractivity contribution in [1.82, 2.24) is 20.3 Å². The molecular weight excluding hydrogens is 593 g/mol. The predicted octanol–water partition coefficient (Wildman–Crippen LogP) is 3.71. The van der Waals surface area contributed by atoms with Crippen molar-refractivity contribution in [3.05, 3.63) is 98.5 Å². The van der Waals surface area contributed by atoms with Gasteiger partial charge in [-0.05, 0) is 43.9 Å². The molecule has 2 fully saturated rings. The van der Waals surface area contributed by atoms with E-state index in [1.165, 1.54) is 24.8 Å². The van der Waals surface area contributed by atoms with Gasteiger partial charge in [0.25, 0.3) is 11.8 Å². The number of halogens is 3. The van der Waals surface area contributed by atoms with Gasteiger partial charge in [-0.15, -0.1) is 0 Å². The molecule has 10 nitrogen and oxygen atoms in total. The first-order valence-electron chi connectivity index (χ1n) is 14.7. The number of ether oxygens (including phenoxy) is 2. The summed E-state index contributed by atoms with van der Waals surface area (Å²) in [5.41, 5.74) is 0.721. The zero-order valence-corrected chi connectivity index (χ0v) is 24.9. The number of hydrogen-bond donors (Lipinski definition) is 2. The molecule has 1 unspecified atom stereocenters. The Kier molecular flexibility index (Phi) is 8.18. The summed E-state index contributed by atoms with van der Waals surface area (Å²) in [6.07, 6.45) is -0.944. The number of nitrogens with zero attached hydrogens (tertiary/aromatic N) is 2. The van der Waals surface area contributed by atoms with Crippen LogP contribution in [0.2, 0.25) is 0 Å². The minimum Gasteiger partial charge on any atom is -0.483 e. The van der Waals surface area contributed by atoms with Gasteiger partial charge in [0.1, 0.15) is 29.4 Å². The van der Waals surface area contributed by atoms with Gasteiger partial charge in [0.15, 0.2) is 23.8 Å². The average molecular weight is 627 g/mol. The molecule has 238 valence electrons. The number of amides is 2. The summed E-state index contributed by atoms with van der Waals surface area (Å²) < 4.78 is 57.0. The Hall–Kier alpha value is -4.20. The quantitative estimate of drug-likeness (QED) is 0.412. The fourth-order valence-corrected chi connectivity index (χ4v) is 6.48. The van der Waals surface area contributed by atoms with Crippen molar-refractivity contribution in [3.63, 3.8) is 0 Å². The maximum atomic E-state index is 16.2. The van der Waals surface area contributed by atoms with Gasteiger partial charge >= 0.3 is 0 Å². The lowest BCUT2D eigenvalue weighted by molar-refractivity contribution is -0.115. The lowest BCUT2D eigenvalue weighted by Gasteiger charge is -2.43. The standard InChI is InChI=1S/C32H33F3N4O6/c1-17-11-20(33)12-23(34)21(17)13-36-29(41)22-14-39-24-15-38(18(2)9-10-32(24)28(35)30(43-3)37-45-32)31(42)25(39)27(26(22)40)44-16-19-7-5-4-6-8-19/h4-8,11-12,14,18,24,28,30,37H,9-10,13,15-16H2,1-3H3,(H,36,41)/t18-,24+,28-,30?,32+/m0/s1. The van der Waals surface area contributed by atoms with Crippen LogP contribution in [0.3, 0.4) is 0 Å². The predicted molar refractivity (Wildman–Crippen MR) is 155 cm³/mol. The molecule has 2 saturated heterocycles. The van der Waals surface area contributed by atoms with Gasteiger partial charge in [-0.1, -0.05) is 30.3 Å². The summed E-state index contributed by atoms with van der Waals surface area (Å²) in [5, 5.41) is 2.53. The van der Waals surface area contributed by atoms with Gasteiger partial charge in [0.2, 0.25) is 5.43 Å². The number of aromatic nitrogens is 1. The molecule has 3 aliphatic heterocycles. The van der Waals surface area contributed by atoms with Crippen molar-refractivity contribution in [1.29, 1.82) is 0 Å². The number of methoxy groups -OCH3 is 1. The maximum Gasteiger partial charge on any atom is 0.274 e. The summed E-state index contributed by atoms with van der Waals surface area (Å²) in [6.45, 7) is 2.94. The molecule has 5 atom stereocenters. The fourth-order valence-electron chi connectivity index (χ4n) is 6.48. The fraction of sp³-hybridized carbons (Fsp3) is 0.406. The van der Waals surface area contributed by atoms with Gasteiger partial charge in [-0.2, -0.15) is 5.48 Å². The lowest BCUT2D eigenvalue weighted by atomic mass is 9.83. The topological polar surface area (TPSA) is 111 Å². The molecule has 2 N–H and O–H groups in total. The number of alkyl halides is 1. The van der Waals surface area contributed by atoms with Crippen molar-refractivity contribution < 1.29 is 37.1 Å². The smallest absolute Gasteiger partial charge is 0.274 e. The van der Waals surface area contributed by atoms with E-state index in [9.17, 15) is 23.2 Å². The molecule has 0 saturated carbocycles. The zero-order chi connectivity index (χ0) is 32.0. The second kappa shape index (κ2) is 12.0. The largest absolute Gasteiger partial charge is 0.483 e. The second-order valence-electron chi connectivity index (χ2n) is 11.7. The van der Waals surface area contributed by atoms with Gasteiger partial charge < -0.3 is 24.3 Å². The van der Waals surface area contributed by atoms with Crippen LogP contribution < -0.4 is 21.0 Å². The molecular formula is C32H33F3N4O6. The molecule has 13 heteroatoms. The first kappa shape index (κ1) is 30.8. The Labute approximate surface area is 257 Å². The number of nitrogens with one attached hydrogen (secondary N) is 2. The number of pyridine rings is 1. The van der Waals surface area contributed by atoms with Gasteiger partial charge in [0.05, 0.1) is 6.04 Å². The van der Waals surface area contributed by atoms with Crippen LogP contribution in [0.5, 0.6) is 5.75 Å². The Balaban J connectivity index is 1.47. The maximum absolute atomic E-state index is 16.2. The number of benzene rings is 2. The molecule has 1 aromatic heterocycles. The third kappa shape index (κ3) is 5.28. The number of carbonyl (C=O) groups excluding carboxylic acids is 2. The van der Waals surface area contributed by atoms with Crippen molar-refractivity contribution in [2.75, 3.05) is 13.7 Å². The van der Waals surface area contributed by atoms with E-state index in [4.69, 9.17) is 14.3 Å². The number of fused-ring (bicyclic) bond motifs is 5. The van der Waals surface area contributed by atoms with Crippen molar-refractivity contribution in [3.8, 4) is 5.75 Å². The van der Waals surface area contributed by atoms with Crippen LogP contribution in [0.25, 0.3) is 0 Å². The van der Waals surface area contributed by atoms with Crippen LogP contribution in [0.4, 0.5) is 13.2 Å². The van der Waals surface area contributed by atoms with E-state index in [1.54, 1.807) is 29.2 Å². The van der Waals surface area contributed by atoms with Crippen molar-refractivity contribution in [2.45, 2.75) is 69.9 Å². The summed E-state index contributed by atoms with van der Waals surface area (Å²) in [6, 6.07) is 9.58. The van der Waals surface area contributed by atoms with E-state index in [0.29, 0.717) is 18.1 Å². The van der Waals surface area contributed by atoms with Crippen molar-refractivity contribution in [2.24, 2.45) is 0 Å². The molecule has 1 spiro atoms. The highest BCUT2D eigenvalue weighted by Crippen LogP contribution is 2.47. The minimum absolute atomic E-state index is 0.0353. The molecule has 4 heterocycles. The van der Waals surface area contributed by atoms with Crippen LogP contribution in [0.15, 0.2) is 53.5 Å². The summed E-state index contributed by atoms with van der Waals surface area (Å²) in [4.78, 5) is 49.1. The van der Waals surface area contributed by atoms with Crippen LogP contribution in [-0.4, -0.2) is 59.0 Å². The molecule has 3 aliphatic rings. The molecule has 0 aliphatic carbocycles. The zero-order valence-electron chi connectivity index (χ0n) is 24.9. The molecule has 45 heavy (non-hydrogen) atoms. The number of hydroxylamine groups is 1. The molecule has 0 radical (unpaired) electrons. The molecule has 2 bridgehead atoms. The highest BCUT2D eigenvalue weighted by molar-refractivity contribution is 5.99. The minimum atomic E-state index is -1.67. The van der Waals surface area contributed by atoms with Crippen LogP contribution in [0, 0.1) is 18.6 Å². The van der Waals surface area contributed by atoms with Crippen LogP contribution in [0.1, 0.15) is 63.3 Å². The number of aryl methyl sites for hydroxylation is 1. The third-order valence-electron chi connectivity index (χ3n) is 9.04. The van der Waals surface area contributed by atoms with Gasteiger partial charge in [0, 0.05) is 44.1 Å². The number of hydrogen-bond acceptors (Lipinski definition) is 7. The number of carbonyl (C=O) groups is 2. The Morgan fingerprint density at radius 1 is 1.20 bits per heavy atom. The third-order valence-corrected chi connectivity index (χ3v) is 9.04. The Bertz CT molecular complexity index is 1680. The van der Waals surface area contributed by atoms with E-state index >= 15 is 4.39 Å². The first-order valence-corrected chi connectivity index (χ1v) is 14.7.